The van der Waals surface area contributed by atoms with Gasteiger partial charge in [-0.1, -0.05) is 26.0 Å². The third-order valence-corrected chi connectivity index (χ3v) is 5.44. The summed E-state index contributed by atoms with van der Waals surface area (Å²) in [4.78, 5) is 40.5. The van der Waals surface area contributed by atoms with Crippen LogP contribution >= 0.6 is 0 Å². The highest BCUT2D eigenvalue weighted by Gasteiger charge is 2.58. The van der Waals surface area contributed by atoms with Crippen LogP contribution in [0, 0.1) is 5.41 Å². The molecule has 0 unspecified atom stereocenters. The smallest absolute Gasteiger partial charge is 0.240 e. The van der Waals surface area contributed by atoms with Gasteiger partial charge in [0, 0.05) is 38.8 Å². The molecule has 26 heavy (non-hydrogen) atoms. The summed E-state index contributed by atoms with van der Waals surface area (Å²) in [5.74, 6) is 0.149. The Labute approximate surface area is 154 Å². The lowest BCUT2D eigenvalue weighted by atomic mass is 10.0. The molecule has 1 saturated heterocycles. The minimum Gasteiger partial charge on any atom is -0.339 e. The Balaban J connectivity index is 1.62. The van der Waals surface area contributed by atoms with E-state index in [9.17, 15) is 14.4 Å². The van der Waals surface area contributed by atoms with Crippen LogP contribution in [0.4, 0.5) is 5.69 Å². The molecule has 0 radical (unpaired) electrons. The molecule has 3 amide bonds. The highest BCUT2D eigenvalue weighted by Crippen LogP contribution is 2.48. The number of nitrogens with one attached hydrogen (secondary N) is 1. The molecule has 0 bridgehead atoms. The number of carbonyl (C=O) groups excluding carboxylic acids is 3. The normalized spacial score (nSPS) is 18.6. The second-order valence-electron chi connectivity index (χ2n) is 7.61. The number of hydrogen-bond acceptors (Lipinski definition) is 3. The van der Waals surface area contributed by atoms with Crippen LogP contribution in [0.5, 0.6) is 0 Å². The average molecular weight is 357 g/mol. The van der Waals surface area contributed by atoms with Gasteiger partial charge in [0.15, 0.2) is 0 Å². The predicted molar refractivity (Wildman–Crippen MR) is 99.7 cm³/mol. The first-order chi connectivity index (χ1) is 12.3. The molecule has 1 aliphatic heterocycles. The summed E-state index contributed by atoms with van der Waals surface area (Å²) in [7, 11) is 0. The van der Waals surface area contributed by atoms with Crippen molar-refractivity contribution in [2.75, 3.05) is 31.5 Å². The molecule has 1 aromatic carbocycles. The third-order valence-electron chi connectivity index (χ3n) is 5.44. The van der Waals surface area contributed by atoms with Gasteiger partial charge in [-0.2, -0.15) is 0 Å². The molecule has 2 fully saturated rings. The van der Waals surface area contributed by atoms with Crippen molar-refractivity contribution >= 4 is 23.4 Å². The minimum absolute atomic E-state index is 0.0285. The zero-order valence-electron chi connectivity index (χ0n) is 15.7. The van der Waals surface area contributed by atoms with Gasteiger partial charge in [-0.05, 0) is 36.5 Å². The molecule has 140 valence electrons. The highest BCUT2D eigenvalue weighted by atomic mass is 16.2. The highest BCUT2D eigenvalue weighted by molar-refractivity contribution is 6.13. The van der Waals surface area contributed by atoms with Gasteiger partial charge in [0.05, 0.1) is 0 Å². The fraction of sp³-hybridized carbons (Fsp3) is 0.550. The lowest BCUT2D eigenvalue weighted by molar-refractivity contribution is -0.146. The van der Waals surface area contributed by atoms with E-state index in [2.05, 4.69) is 19.2 Å². The lowest BCUT2D eigenvalue weighted by Gasteiger charge is -2.35. The van der Waals surface area contributed by atoms with Crippen molar-refractivity contribution in [3.05, 3.63) is 29.8 Å². The molecule has 2 aliphatic rings. The number of amides is 3. The van der Waals surface area contributed by atoms with Crippen LogP contribution in [0.15, 0.2) is 24.3 Å². The lowest BCUT2D eigenvalue weighted by Crippen LogP contribution is -2.53. The summed E-state index contributed by atoms with van der Waals surface area (Å²) in [6, 6.07) is 7.78. The maximum atomic E-state index is 12.9. The van der Waals surface area contributed by atoms with E-state index >= 15 is 0 Å². The third kappa shape index (κ3) is 3.59. The quantitative estimate of drug-likeness (QED) is 0.840. The van der Waals surface area contributed by atoms with Crippen molar-refractivity contribution in [1.82, 2.24) is 9.80 Å². The van der Waals surface area contributed by atoms with Crippen LogP contribution in [0.1, 0.15) is 45.1 Å². The average Bonchev–Trinajstić information content (AvgIpc) is 3.43. The zero-order valence-corrected chi connectivity index (χ0v) is 15.7. The van der Waals surface area contributed by atoms with E-state index in [0.717, 1.165) is 5.69 Å². The molecular weight excluding hydrogens is 330 g/mol. The van der Waals surface area contributed by atoms with Crippen molar-refractivity contribution in [1.29, 1.82) is 0 Å². The second-order valence-corrected chi connectivity index (χ2v) is 7.61. The number of piperazine rings is 1. The van der Waals surface area contributed by atoms with Crippen molar-refractivity contribution < 1.29 is 14.4 Å². The number of carbonyl (C=O) groups is 3. The molecular formula is C20H27N3O3. The Morgan fingerprint density at radius 3 is 1.96 bits per heavy atom. The summed E-state index contributed by atoms with van der Waals surface area (Å²) < 4.78 is 0. The van der Waals surface area contributed by atoms with E-state index in [1.54, 1.807) is 9.80 Å². The van der Waals surface area contributed by atoms with Crippen LogP contribution in [0.25, 0.3) is 0 Å². The molecule has 1 heterocycles. The first kappa shape index (κ1) is 18.4. The molecule has 6 heteroatoms. The van der Waals surface area contributed by atoms with Crippen LogP contribution in [-0.4, -0.2) is 53.7 Å². The maximum Gasteiger partial charge on any atom is 0.240 e. The Kier molecular flexibility index (Phi) is 5.03. The summed E-state index contributed by atoms with van der Waals surface area (Å²) in [5.41, 5.74) is 1.01. The summed E-state index contributed by atoms with van der Waals surface area (Å²) >= 11 is 0. The number of nitrogens with zero attached hydrogens (tertiary/aromatic N) is 2. The van der Waals surface area contributed by atoms with E-state index in [0.29, 0.717) is 44.9 Å². The van der Waals surface area contributed by atoms with Crippen molar-refractivity contribution in [3.63, 3.8) is 0 Å². The van der Waals surface area contributed by atoms with E-state index in [1.807, 2.05) is 24.3 Å². The van der Waals surface area contributed by atoms with Crippen LogP contribution in [-0.2, 0) is 14.4 Å². The molecule has 1 aliphatic carbocycles. The molecule has 1 saturated carbocycles. The van der Waals surface area contributed by atoms with Crippen molar-refractivity contribution in [2.45, 2.75) is 39.5 Å². The van der Waals surface area contributed by atoms with Crippen LogP contribution in [0.2, 0.25) is 0 Å². The molecule has 3 rings (SSSR count). The van der Waals surface area contributed by atoms with E-state index in [4.69, 9.17) is 0 Å². The summed E-state index contributed by atoms with van der Waals surface area (Å²) in [6.45, 7) is 7.85. The number of benzene rings is 1. The van der Waals surface area contributed by atoms with Gasteiger partial charge in [0.25, 0.3) is 0 Å². The van der Waals surface area contributed by atoms with E-state index in [1.165, 1.54) is 12.5 Å². The SMILES string of the molecule is CC(=O)N1CCN(C(=O)C2(C(=O)Nc3ccc(C(C)C)cc3)CC2)CC1. The van der Waals surface area contributed by atoms with Gasteiger partial charge in [-0.15, -0.1) is 0 Å². The number of rotatable bonds is 4. The number of anilines is 1. The Bertz CT molecular complexity index is 700. The fourth-order valence-corrected chi connectivity index (χ4v) is 3.39. The predicted octanol–water partition coefficient (Wildman–Crippen LogP) is 2.22. The first-order valence-corrected chi connectivity index (χ1v) is 9.30. The monoisotopic (exact) mass is 357 g/mol. The molecule has 1 N–H and O–H groups in total. The standard InChI is InChI=1S/C20H27N3O3/c1-14(2)16-4-6-17(7-5-16)21-18(25)20(8-9-20)19(26)23-12-10-22(11-13-23)15(3)24/h4-7,14H,8-13H2,1-3H3,(H,21,25). The molecule has 6 nitrogen and oxygen atoms in total. The van der Waals surface area contributed by atoms with E-state index < -0.39 is 5.41 Å². The van der Waals surface area contributed by atoms with Crippen LogP contribution in [0.3, 0.4) is 0 Å². The molecule has 0 spiro atoms. The Morgan fingerprint density at radius 1 is 0.962 bits per heavy atom. The van der Waals surface area contributed by atoms with Gasteiger partial charge >= 0.3 is 0 Å². The largest absolute Gasteiger partial charge is 0.339 e. The first-order valence-electron chi connectivity index (χ1n) is 9.30. The Morgan fingerprint density at radius 2 is 1.50 bits per heavy atom. The zero-order chi connectivity index (χ0) is 18.9. The van der Waals surface area contributed by atoms with Gasteiger partial charge in [-0.3, -0.25) is 14.4 Å². The summed E-state index contributed by atoms with van der Waals surface area (Å²) in [5, 5.41) is 2.91. The van der Waals surface area contributed by atoms with Gasteiger partial charge < -0.3 is 15.1 Å². The van der Waals surface area contributed by atoms with E-state index in [-0.39, 0.29) is 17.7 Å². The van der Waals surface area contributed by atoms with Crippen LogP contribution < -0.4 is 5.32 Å². The molecule has 0 aromatic heterocycles. The minimum atomic E-state index is -0.922. The van der Waals surface area contributed by atoms with Gasteiger partial charge in [0.1, 0.15) is 5.41 Å². The maximum absolute atomic E-state index is 12.9. The van der Waals surface area contributed by atoms with Crippen molar-refractivity contribution in [3.8, 4) is 0 Å². The van der Waals surface area contributed by atoms with Crippen molar-refractivity contribution in [2.24, 2.45) is 5.41 Å². The van der Waals surface area contributed by atoms with Gasteiger partial charge in [0.2, 0.25) is 17.7 Å². The molecule has 1 aromatic rings. The summed E-state index contributed by atoms with van der Waals surface area (Å²) in [6.07, 6.45) is 1.18. The Hall–Kier alpha value is -2.37. The van der Waals surface area contributed by atoms with Gasteiger partial charge in [-0.25, -0.2) is 0 Å². The fourth-order valence-electron chi connectivity index (χ4n) is 3.39. The number of hydrogen-bond donors (Lipinski definition) is 1. The molecule has 0 atom stereocenters. The second kappa shape index (κ2) is 7.09. The topological polar surface area (TPSA) is 69.7 Å².